The number of nitrogens with zero attached hydrogens (tertiary/aromatic N) is 2. The van der Waals surface area contributed by atoms with Crippen molar-refractivity contribution in [3.8, 4) is 0 Å². The van der Waals surface area contributed by atoms with Crippen LogP contribution in [0.3, 0.4) is 0 Å². The SMILES string of the molecule is O=C(NCc1ccc(F)cc1)c1cc(C2CCN(Cc3cccc(F)c3F)CC2)no1. The Bertz CT molecular complexity index is 1040. The van der Waals surface area contributed by atoms with E-state index in [9.17, 15) is 18.0 Å². The summed E-state index contributed by atoms with van der Waals surface area (Å²) in [7, 11) is 0. The lowest BCUT2D eigenvalue weighted by atomic mass is 9.93. The van der Waals surface area contributed by atoms with E-state index in [0.717, 1.165) is 24.5 Å². The van der Waals surface area contributed by atoms with Crippen LogP contribution in [0.15, 0.2) is 53.1 Å². The molecule has 0 bridgehead atoms. The summed E-state index contributed by atoms with van der Waals surface area (Å²) in [4.78, 5) is 14.4. The van der Waals surface area contributed by atoms with Gasteiger partial charge in [0.25, 0.3) is 5.91 Å². The van der Waals surface area contributed by atoms with Crippen LogP contribution in [0.2, 0.25) is 0 Å². The van der Waals surface area contributed by atoms with Gasteiger partial charge in [-0.25, -0.2) is 13.2 Å². The van der Waals surface area contributed by atoms with Gasteiger partial charge in [0.15, 0.2) is 11.6 Å². The third kappa shape index (κ3) is 5.14. The number of hydrogen-bond donors (Lipinski definition) is 1. The van der Waals surface area contributed by atoms with E-state index in [1.54, 1.807) is 24.3 Å². The lowest BCUT2D eigenvalue weighted by Gasteiger charge is -2.31. The van der Waals surface area contributed by atoms with Gasteiger partial charge in [0.2, 0.25) is 5.76 Å². The first-order chi connectivity index (χ1) is 15.0. The monoisotopic (exact) mass is 429 g/mol. The van der Waals surface area contributed by atoms with Crippen LogP contribution in [0.5, 0.6) is 0 Å². The Morgan fingerprint density at radius 1 is 1.10 bits per heavy atom. The minimum absolute atomic E-state index is 0.126. The number of nitrogens with one attached hydrogen (secondary N) is 1. The average molecular weight is 429 g/mol. The van der Waals surface area contributed by atoms with E-state index >= 15 is 0 Å². The van der Waals surface area contributed by atoms with Crippen molar-refractivity contribution < 1.29 is 22.5 Å². The van der Waals surface area contributed by atoms with Crippen molar-refractivity contribution in [2.75, 3.05) is 13.1 Å². The second kappa shape index (κ2) is 9.34. The molecule has 0 radical (unpaired) electrons. The summed E-state index contributed by atoms with van der Waals surface area (Å²) in [6.45, 7) is 2.02. The number of piperidine rings is 1. The molecule has 1 aromatic heterocycles. The number of likely N-dealkylation sites (tertiary alicyclic amines) is 1. The second-order valence-corrected chi connectivity index (χ2v) is 7.69. The third-order valence-corrected chi connectivity index (χ3v) is 5.55. The highest BCUT2D eigenvalue weighted by atomic mass is 19.2. The Morgan fingerprint density at radius 2 is 1.84 bits per heavy atom. The summed E-state index contributed by atoms with van der Waals surface area (Å²) in [5.74, 6) is -2.08. The highest BCUT2D eigenvalue weighted by Crippen LogP contribution is 2.29. The number of benzene rings is 2. The van der Waals surface area contributed by atoms with Gasteiger partial charge in [-0.15, -0.1) is 0 Å². The molecule has 2 heterocycles. The van der Waals surface area contributed by atoms with E-state index in [1.807, 2.05) is 0 Å². The molecular formula is C23H22F3N3O2. The highest BCUT2D eigenvalue weighted by Gasteiger charge is 2.25. The molecule has 0 atom stereocenters. The smallest absolute Gasteiger partial charge is 0.290 e. The summed E-state index contributed by atoms with van der Waals surface area (Å²) in [6, 6.07) is 11.7. The number of rotatable bonds is 6. The van der Waals surface area contributed by atoms with Crippen LogP contribution in [-0.2, 0) is 13.1 Å². The van der Waals surface area contributed by atoms with Gasteiger partial charge in [-0.2, -0.15) is 0 Å². The lowest BCUT2D eigenvalue weighted by molar-refractivity contribution is 0.0913. The van der Waals surface area contributed by atoms with E-state index in [-0.39, 0.29) is 29.9 Å². The molecule has 0 aliphatic carbocycles. The highest BCUT2D eigenvalue weighted by molar-refractivity contribution is 5.91. The van der Waals surface area contributed by atoms with Crippen molar-refractivity contribution in [1.82, 2.24) is 15.4 Å². The van der Waals surface area contributed by atoms with Crippen LogP contribution < -0.4 is 5.32 Å². The number of carbonyl (C=O) groups excluding carboxylic acids is 1. The van der Waals surface area contributed by atoms with Gasteiger partial charge in [0.1, 0.15) is 5.82 Å². The topological polar surface area (TPSA) is 58.4 Å². The Hall–Kier alpha value is -3.13. The van der Waals surface area contributed by atoms with Gasteiger partial charge < -0.3 is 9.84 Å². The molecule has 8 heteroatoms. The van der Waals surface area contributed by atoms with Gasteiger partial charge in [-0.05, 0) is 49.7 Å². The second-order valence-electron chi connectivity index (χ2n) is 7.69. The molecule has 2 aromatic carbocycles. The first-order valence-corrected chi connectivity index (χ1v) is 10.1. The third-order valence-electron chi connectivity index (χ3n) is 5.55. The van der Waals surface area contributed by atoms with Gasteiger partial charge in [0.05, 0.1) is 5.69 Å². The summed E-state index contributed by atoms with van der Waals surface area (Å²) in [5.41, 5.74) is 1.83. The molecule has 3 aromatic rings. The number of hydrogen-bond acceptors (Lipinski definition) is 4. The van der Waals surface area contributed by atoms with Gasteiger partial charge in [-0.1, -0.05) is 29.4 Å². The van der Waals surface area contributed by atoms with Crippen molar-refractivity contribution >= 4 is 5.91 Å². The largest absolute Gasteiger partial charge is 0.351 e. The molecule has 1 saturated heterocycles. The zero-order chi connectivity index (χ0) is 21.8. The molecule has 1 amide bonds. The molecule has 0 unspecified atom stereocenters. The van der Waals surface area contributed by atoms with E-state index in [2.05, 4.69) is 15.4 Å². The van der Waals surface area contributed by atoms with Gasteiger partial charge in [-0.3, -0.25) is 9.69 Å². The van der Waals surface area contributed by atoms with Crippen LogP contribution in [0, 0.1) is 17.5 Å². The molecule has 1 aliphatic rings. The maximum atomic E-state index is 13.9. The van der Waals surface area contributed by atoms with E-state index in [0.29, 0.717) is 30.9 Å². The van der Waals surface area contributed by atoms with Gasteiger partial charge >= 0.3 is 0 Å². The Kier molecular flexibility index (Phi) is 6.36. The molecule has 1 fully saturated rings. The Morgan fingerprint density at radius 3 is 2.58 bits per heavy atom. The quantitative estimate of drug-likeness (QED) is 0.631. The molecule has 1 N–H and O–H groups in total. The summed E-state index contributed by atoms with van der Waals surface area (Å²) < 4.78 is 45.4. The number of aromatic nitrogens is 1. The van der Waals surface area contributed by atoms with Crippen molar-refractivity contribution in [2.45, 2.75) is 31.8 Å². The minimum Gasteiger partial charge on any atom is -0.351 e. The van der Waals surface area contributed by atoms with Crippen molar-refractivity contribution in [3.05, 3.63) is 88.6 Å². The minimum atomic E-state index is -0.833. The van der Waals surface area contributed by atoms with Crippen molar-refractivity contribution in [2.24, 2.45) is 0 Å². The summed E-state index contributed by atoms with van der Waals surface area (Å²) in [5, 5.41) is 6.77. The molecule has 0 saturated carbocycles. The van der Waals surface area contributed by atoms with Crippen LogP contribution in [-0.4, -0.2) is 29.1 Å². The molecular weight excluding hydrogens is 407 g/mol. The van der Waals surface area contributed by atoms with E-state index in [4.69, 9.17) is 4.52 Å². The number of carbonyl (C=O) groups is 1. The average Bonchev–Trinajstić information content (AvgIpc) is 3.27. The van der Waals surface area contributed by atoms with Crippen LogP contribution in [0.4, 0.5) is 13.2 Å². The number of amides is 1. The van der Waals surface area contributed by atoms with Crippen molar-refractivity contribution in [1.29, 1.82) is 0 Å². The zero-order valence-corrected chi connectivity index (χ0v) is 16.8. The fourth-order valence-corrected chi connectivity index (χ4v) is 3.76. The maximum Gasteiger partial charge on any atom is 0.290 e. The molecule has 0 spiro atoms. The Labute approximate surface area is 177 Å². The first kappa shape index (κ1) is 21.1. The van der Waals surface area contributed by atoms with E-state index < -0.39 is 11.6 Å². The molecule has 31 heavy (non-hydrogen) atoms. The zero-order valence-electron chi connectivity index (χ0n) is 16.8. The first-order valence-electron chi connectivity index (χ1n) is 10.1. The van der Waals surface area contributed by atoms with E-state index in [1.165, 1.54) is 18.2 Å². The fourth-order valence-electron chi connectivity index (χ4n) is 3.76. The maximum absolute atomic E-state index is 13.9. The standard InChI is InChI=1S/C23H22F3N3O2/c24-18-6-4-15(5-7-18)13-27-23(30)21-12-20(28-31-21)16-8-10-29(11-9-16)14-17-2-1-3-19(25)22(17)26/h1-7,12,16H,8-11,13-14H2,(H,27,30). The Balaban J connectivity index is 1.29. The van der Waals surface area contributed by atoms with Gasteiger partial charge in [0, 0.05) is 30.6 Å². The van der Waals surface area contributed by atoms with Crippen LogP contribution >= 0.6 is 0 Å². The molecule has 1 aliphatic heterocycles. The predicted molar refractivity (Wildman–Crippen MR) is 108 cm³/mol. The summed E-state index contributed by atoms with van der Waals surface area (Å²) in [6.07, 6.45) is 1.56. The lowest BCUT2D eigenvalue weighted by Crippen LogP contribution is -2.32. The fraction of sp³-hybridized carbons (Fsp3) is 0.304. The van der Waals surface area contributed by atoms with Crippen molar-refractivity contribution in [3.63, 3.8) is 0 Å². The molecule has 162 valence electrons. The predicted octanol–water partition coefficient (Wildman–Crippen LogP) is 4.40. The normalized spacial score (nSPS) is 15.2. The number of halogens is 3. The van der Waals surface area contributed by atoms with Crippen LogP contribution in [0.25, 0.3) is 0 Å². The molecule has 5 nitrogen and oxygen atoms in total. The summed E-state index contributed by atoms with van der Waals surface area (Å²) >= 11 is 0. The van der Waals surface area contributed by atoms with Crippen LogP contribution in [0.1, 0.15) is 46.1 Å². The molecule has 4 rings (SSSR count).